The zero-order valence-electron chi connectivity index (χ0n) is 8.11. The van der Waals surface area contributed by atoms with Crippen molar-refractivity contribution < 1.29 is 5.11 Å². The van der Waals surface area contributed by atoms with Crippen LogP contribution in [0.3, 0.4) is 0 Å². The van der Waals surface area contributed by atoms with E-state index in [-0.39, 0.29) is 0 Å². The molecule has 0 aromatic carbocycles. The van der Waals surface area contributed by atoms with Gasteiger partial charge in [-0.25, -0.2) is 4.98 Å². The van der Waals surface area contributed by atoms with Crippen LogP contribution >= 0.6 is 38.6 Å². The molecule has 0 aliphatic carbocycles. The lowest BCUT2D eigenvalue weighted by Crippen LogP contribution is -1.99. The topological polar surface area (TPSA) is 33.1 Å². The second-order valence-electron chi connectivity index (χ2n) is 3.25. The Balaban J connectivity index is 2.10. The summed E-state index contributed by atoms with van der Waals surface area (Å²) in [4.78, 5) is 6.29. The molecule has 0 spiro atoms. The minimum Gasteiger partial charge on any atom is -0.387 e. The van der Waals surface area contributed by atoms with E-state index in [0.717, 1.165) is 15.0 Å². The van der Waals surface area contributed by atoms with Gasteiger partial charge in [-0.05, 0) is 28.9 Å². The molecule has 0 aliphatic rings. The largest absolute Gasteiger partial charge is 0.387 e. The molecule has 15 heavy (non-hydrogen) atoms. The quantitative estimate of drug-likeness (QED) is 0.940. The Labute approximate surface area is 105 Å². The summed E-state index contributed by atoms with van der Waals surface area (Å²) >= 11 is 6.58. The van der Waals surface area contributed by atoms with Crippen molar-refractivity contribution in [1.29, 1.82) is 0 Å². The van der Waals surface area contributed by atoms with Crippen molar-refractivity contribution in [1.82, 2.24) is 4.98 Å². The fourth-order valence-corrected chi connectivity index (χ4v) is 3.65. The average molecular weight is 304 g/mol. The van der Waals surface area contributed by atoms with E-state index in [2.05, 4.69) is 20.9 Å². The SMILES string of the molecule is Cc1ncsc1C(O)Cc1cc(Br)cs1. The molecule has 0 fully saturated rings. The number of aromatic nitrogens is 1. The van der Waals surface area contributed by atoms with Gasteiger partial charge in [-0.3, -0.25) is 0 Å². The molecular weight excluding hydrogens is 294 g/mol. The molecule has 5 heteroatoms. The van der Waals surface area contributed by atoms with Gasteiger partial charge >= 0.3 is 0 Å². The summed E-state index contributed by atoms with van der Waals surface area (Å²) in [6, 6.07) is 2.05. The van der Waals surface area contributed by atoms with Crippen LogP contribution < -0.4 is 0 Å². The van der Waals surface area contributed by atoms with Gasteiger partial charge in [-0.1, -0.05) is 0 Å². The summed E-state index contributed by atoms with van der Waals surface area (Å²) in [5.74, 6) is 0. The van der Waals surface area contributed by atoms with Crippen LogP contribution in [0.5, 0.6) is 0 Å². The summed E-state index contributed by atoms with van der Waals surface area (Å²) in [5, 5.41) is 12.0. The zero-order chi connectivity index (χ0) is 10.8. The van der Waals surface area contributed by atoms with Gasteiger partial charge in [-0.15, -0.1) is 22.7 Å². The maximum absolute atomic E-state index is 10.0. The molecular formula is C10H10BrNOS2. The van der Waals surface area contributed by atoms with E-state index in [4.69, 9.17) is 0 Å². The fraction of sp³-hybridized carbons (Fsp3) is 0.300. The first-order valence-corrected chi connectivity index (χ1v) is 7.03. The number of nitrogens with zero attached hydrogens (tertiary/aromatic N) is 1. The maximum Gasteiger partial charge on any atom is 0.0948 e. The van der Waals surface area contributed by atoms with Crippen LogP contribution in [0, 0.1) is 6.92 Å². The Morgan fingerprint density at radius 2 is 2.33 bits per heavy atom. The van der Waals surface area contributed by atoms with Gasteiger partial charge in [0, 0.05) is 21.2 Å². The van der Waals surface area contributed by atoms with E-state index < -0.39 is 6.10 Å². The second-order valence-corrected chi connectivity index (χ2v) is 6.05. The van der Waals surface area contributed by atoms with Gasteiger partial charge in [-0.2, -0.15) is 0 Å². The molecule has 0 aliphatic heterocycles. The fourth-order valence-electron chi connectivity index (χ4n) is 1.37. The van der Waals surface area contributed by atoms with Gasteiger partial charge in [0.2, 0.25) is 0 Å². The number of rotatable bonds is 3. The summed E-state index contributed by atoms with van der Waals surface area (Å²) in [6.07, 6.45) is 0.238. The molecule has 0 saturated heterocycles. The van der Waals surface area contributed by atoms with Crippen molar-refractivity contribution >= 4 is 38.6 Å². The predicted molar refractivity (Wildman–Crippen MR) is 67.5 cm³/mol. The molecule has 1 atom stereocenters. The molecule has 0 radical (unpaired) electrons. The summed E-state index contributed by atoms with van der Waals surface area (Å²) < 4.78 is 1.08. The third-order valence-corrected chi connectivity index (χ3v) is 4.85. The Bertz CT molecular complexity index is 452. The van der Waals surface area contributed by atoms with Gasteiger partial charge in [0.25, 0.3) is 0 Å². The van der Waals surface area contributed by atoms with Crippen LogP contribution in [0.4, 0.5) is 0 Å². The highest BCUT2D eigenvalue weighted by Gasteiger charge is 2.14. The zero-order valence-corrected chi connectivity index (χ0v) is 11.3. The monoisotopic (exact) mass is 303 g/mol. The molecule has 2 aromatic rings. The highest BCUT2D eigenvalue weighted by Crippen LogP contribution is 2.28. The number of thiophene rings is 1. The highest BCUT2D eigenvalue weighted by atomic mass is 79.9. The van der Waals surface area contributed by atoms with Crippen LogP contribution in [0.25, 0.3) is 0 Å². The minimum atomic E-state index is -0.428. The number of hydrogen-bond donors (Lipinski definition) is 1. The van der Waals surface area contributed by atoms with Gasteiger partial charge in [0.05, 0.1) is 22.2 Å². The van der Waals surface area contributed by atoms with E-state index in [9.17, 15) is 5.11 Å². The van der Waals surface area contributed by atoms with Crippen molar-refractivity contribution in [2.45, 2.75) is 19.4 Å². The lowest BCUT2D eigenvalue weighted by molar-refractivity contribution is 0.182. The van der Waals surface area contributed by atoms with Crippen LogP contribution in [0.15, 0.2) is 21.4 Å². The Morgan fingerprint density at radius 3 is 2.87 bits per heavy atom. The van der Waals surface area contributed by atoms with Gasteiger partial charge in [0.1, 0.15) is 0 Å². The smallest absolute Gasteiger partial charge is 0.0948 e. The molecule has 0 amide bonds. The summed E-state index contributed by atoms with van der Waals surface area (Å²) in [5.41, 5.74) is 2.71. The standard InChI is InChI=1S/C10H10BrNOS2/c1-6-10(15-5-12-6)9(13)3-8-2-7(11)4-14-8/h2,4-5,9,13H,3H2,1H3. The molecule has 2 nitrogen and oxygen atoms in total. The Kier molecular flexibility index (Phi) is 3.56. The summed E-state index contributed by atoms with van der Waals surface area (Å²) in [7, 11) is 0. The highest BCUT2D eigenvalue weighted by molar-refractivity contribution is 9.10. The van der Waals surface area contributed by atoms with Crippen LogP contribution in [0.1, 0.15) is 21.6 Å². The van der Waals surface area contributed by atoms with Crippen LogP contribution in [-0.2, 0) is 6.42 Å². The third kappa shape index (κ3) is 2.66. The Hall–Kier alpha value is -0.230. The van der Waals surface area contributed by atoms with Crippen LogP contribution in [0.2, 0.25) is 0 Å². The molecule has 2 rings (SSSR count). The van der Waals surface area contributed by atoms with E-state index in [1.807, 2.05) is 18.4 Å². The van der Waals surface area contributed by atoms with Crippen molar-refractivity contribution in [3.8, 4) is 0 Å². The minimum absolute atomic E-state index is 0.428. The molecule has 0 saturated carbocycles. The number of halogens is 1. The second kappa shape index (κ2) is 4.74. The van der Waals surface area contributed by atoms with Crippen molar-refractivity contribution in [2.24, 2.45) is 0 Å². The molecule has 80 valence electrons. The number of aryl methyl sites for hydroxylation is 1. The van der Waals surface area contributed by atoms with E-state index in [0.29, 0.717) is 6.42 Å². The number of aliphatic hydroxyl groups is 1. The lowest BCUT2D eigenvalue weighted by Gasteiger charge is -2.07. The third-order valence-electron chi connectivity index (χ3n) is 2.10. The van der Waals surface area contributed by atoms with Crippen molar-refractivity contribution in [3.63, 3.8) is 0 Å². The Morgan fingerprint density at radius 1 is 1.53 bits per heavy atom. The molecule has 2 aromatic heterocycles. The van der Waals surface area contributed by atoms with E-state index in [1.54, 1.807) is 16.8 Å². The normalized spacial score (nSPS) is 13.0. The average Bonchev–Trinajstić information content (AvgIpc) is 2.75. The lowest BCUT2D eigenvalue weighted by atomic mass is 10.2. The first kappa shape index (κ1) is 11.3. The predicted octanol–water partition coefficient (Wildman–Crippen LogP) is 3.55. The first-order chi connectivity index (χ1) is 7.16. The molecule has 2 heterocycles. The number of hydrogen-bond acceptors (Lipinski definition) is 4. The van der Waals surface area contributed by atoms with E-state index >= 15 is 0 Å². The van der Waals surface area contributed by atoms with Gasteiger partial charge in [0.15, 0.2) is 0 Å². The summed E-state index contributed by atoms with van der Waals surface area (Å²) in [6.45, 7) is 1.93. The molecule has 1 N–H and O–H groups in total. The van der Waals surface area contributed by atoms with Crippen molar-refractivity contribution in [3.05, 3.63) is 36.9 Å². The van der Waals surface area contributed by atoms with Crippen LogP contribution in [-0.4, -0.2) is 10.1 Å². The van der Waals surface area contributed by atoms with Crippen molar-refractivity contribution in [2.75, 3.05) is 0 Å². The number of aliphatic hydroxyl groups excluding tert-OH is 1. The molecule has 1 unspecified atom stereocenters. The first-order valence-electron chi connectivity index (χ1n) is 4.48. The van der Waals surface area contributed by atoms with Gasteiger partial charge < -0.3 is 5.11 Å². The molecule has 0 bridgehead atoms. The maximum atomic E-state index is 10.0. The number of thiazole rings is 1. The van der Waals surface area contributed by atoms with E-state index in [1.165, 1.54) is 16.2 Å².